The van der Waals surface area contributed by atoms with Crippen LogP contribution in [0.3, 0.4) is 0 Å². The van der Waals surface area contributed by atoms with Gasteiger partial charge in [0.25, 0.3) is 0 Å². The highest BCUT2D eigenvalue weighted by Crippen LogP contribution is 2.25. The zero-order valence-corrected chi connectivity index (χ0v) is 11.5. The molecule has 1 atom stereocenters. The van der Waals surface area contributed by atoms with Crippen molar-refractivity contribution in [2.75, 3.05) is 0 Å². The third-order valence-electron chi connectivity index (χ3n) is 3.30. The number of halogens is 1. The first-order valence-corrected chi connectivity index (χ1v) is 6.69. The zero-order chi connectivity index (χ0) is 13.9. The highest BCUT2D eigenvalue weighted by Gasteiger charge is 2.16. The summed E-state index contributed by atoms with van der Waals surface area (Å²) in [6.45, 7) is 0. The van der Waals surface area contributed by atoms with Crippen LogP contribution in [0.2, 0.25) is 5.22 Å². The highest BCUT2D eigenvalue weighted by molar-refractivity contribution is 6.28. The number of hydrazine groups is 1. The average Bonchev–Trinajstić information content (AvgIpc) is 2.91. The molecular weight excluding hydrogens is 274 g/mol. The minimum atomic E-state index is -0.131. The smallest absolute Gasteiger partial charge is 0.193 e. The molecule has 4 nitrogen and oxygen atoms in total. The molecule has 0 aliphatic carbocycles. The van der Waals surface area contributed by atoms with Gasteiger partial charge in [-0.1, -0.05) is 18.2 Å². The summed E-state index contributed by atoms with van der Waals surface area (Å²) in [6.07, 6.45) is 2.50. The fraction of sp³-hybridized carbons (Fsp3) is 0.133. The maximum absolute atomic E-state index is 5.81. The van der Waals surface area contributed by atoms with Crippen molar-refractivity contribution in [2.24, 2.45) is 5.84 Å². The van der Waals surface area contributed by atoms with E-state index in [2.05, 4.69) is 16.5 Å². The van der Waals surface area contributed by atoms with Crippen molar-refractivity contribution >= 4 is 22.5 Å². The van der Waals surface area contributed by atoms with Gasteiger partial charge in [0.1, 0.15) is 5.76 Å². The number of nitrogens with two attached hydrogens (primary N) is 1. The zero-order valence-electron chi connectivity index (χ0n) is 10.7. The number of benzene rings is 1. The van der Waals surface area contributed by atoms with Crippen LogP contribution in [0.25, 0.3) is 10.9 Å². The van der Waals surface area contributed by atoms with Gasteiger partial charge in [0.2, 0.25) is 0 Å². The molecule has 0 aliphatic rings. The molecule has 1 unspecified atom stereocenters. The second-order valence-electron chi connectivity index (χ2n) is 4.55. The van der Waals surface area contributed by atoms with E-state index in [9.17, 15) is 0 Å². The van der Waals surface area contributed by atoms with E-state index >= 15 is 0 Å². The van der Waals surface area contributed by atoms with Gasteiger partial charge < -0.3 is 4.42 Å². The molecule has 3 rings (SSSR count). The van der Waals surface area contributed by atoms with Crippen molar-refractivity contribution in [1.29, 1.82) is 0 Å². The van der Waals surface area contributed by atoms with Gasteiger partial charge in [-0.2, -0.15) is 0 Å². The molecule has 0 aliphatic heterocycles. The van der Waals surface area contributed by atoms with Crippen LogP contribution in [0.5, 0.6) is 0 Å². The molecule has 2 heterocycles. The third kappa shape index (κ3) is 2.54. The van der Waals surface area contributed by atoms with E-state index in [0.717, 1.165) is 22.2 Å². The van der Waals surface area contributed by atoms with E-state index in [-0.39, 0.29) is 6.04 Å². The normalized spacial score (nSPS) is 12.7. The summed E-state index contributed by atoms with van der Waals surface area (Å²) in [5, 5.41) is 1.48. The predicted octanol–water partition coefficient (Wildman–Crippen LogP) is 3.23. The highest BCUT2D eigenvalue weighted by atomic mass is 35.5. The van der Waals surface area contributed by atoms with Crippen LogP contribution in [0.1, 0.15) is 17.4 Å². The number of hydrogen-bond acceptors (Lipinski definition) is 4. The van der Waals surface area contributed by atoms with E-state index in [4.69, 9.17) is 21.9 Å². The van der Waals surface area contributed by atoms with Crippen molar-refractivity contribution in [3.8, 4) is 0 Å². The van der Waals surface area contributed by atoms with Gasteiger partial charge in [-0.15, -0.1) is 0 Å². The summed E-state index contributed by atoms with van der Waals surface area (Å²) in [5.41, 5.74) is 4.90. The molecule has 0 radical (unpaired) electrons. The Morgan fingerprint density at radius 3 is 2.80 bits per heavy atom. The maximum Gasteiger partial charge on any atom is 0.193 e. The van der Waals surface area contributed by atoms with Crippen LogP contribution in [-0.2, 0) is 6.42 Å². The number of rotatable bonds is 4. The third-order valence-corrected chi connectivity index (χ3v) is 3.51. The maximum atomic E-state index is 5.81. The number of aromatic nitrogens is 1. The van der Waals surface area contributed by atoms with Crippen molar-refractivity contribution in [2.45, 2.75) is 12.5 Å². The molecule has 3 aromatic rings. The van der Waals surface area contributed by atoms with Gasteiger partial charge >= 0.3 is 0 Å². The Kier molecular flexibility index (Phi) is 3.69. The minimum Gasteiger partial charge on any atom is -0.448 e. The Labute approximate surface area is 121 Å². The lowest BCUT2D eigenvalue weighted by atomic mass is 10.0. The number of pyridine rings is 1. The number of hydrogen-bond donors (Lipinski definition) is 2. The van der Waals surface area contributed by atoms with Crippen LogP contribution in [-0.4, -0.2) is 4.98 Å². The molecule has 0 saturated carbocycles. The molecular formula is C15H14ClN3O. The first kappa shape index (κ1) is 13.1. The van der Waals surface area contributed by atoms with E-state index in [1.165, 1.54) is 0 Å². The van der Waals surface area contributed by atoms with Gasteiger partial charge in [-0.05, 0) is 47.9 Å². The van der Waals surface area contributed by atoms with Crippen LogP contribution in [0.4, 0.5) is 0 Å². The van der Waals surface area contributed by atoms with E-state index in [1.54, 1.807) is 12.3 Å². The Hall–Kier alpha value is -1.88. The Morgan fingerprint density at radius 2 is 2.05 bits per heavy atom. The van der Waals surface area contributed by atoms with Gasteiger partial charge in [0.15, 0.2) is 5.22 Å². The SMILES string of the molecule is NNC(Cc1ccnc2ccccc12)c1ccc(Cl)o1. The molecule has 0 spiro atoms. The lowest BCUT2D eigenvalue weighted by Crippen LogP contribution is -2.29. The van der Waals surface area contributed by atoms with E-state index < -0.39 is 0 Å². The number of furan rings is 1. The molecule has 0 fully saturated rings. The number of nitrogens with zero attached hydrogens (tertiary/aromatic N) is 1. The summed E-state index contributed by atoms with van der Waals surface area (Å²) in [7, 11) is 0. The van der Waals surface area contributed by atoms with Crippen LogP contribution in [0.15, 0.2) is 53.1 Å². The number of nitrogens with one attached hydrogen (secondary N) is 1. The van der Waals surface area contributed by atoms with Crippen molar-refractivity contribution < 1.29 is 4.42 Å². The molecule has 0 saturated heterocycles. The number of para-hydroxylation sites is 1. The van der Waals surface area contributed by atoms with Crippen molar-refractivity contribution in [1.82, 2.24) is 10.4 Å². The Morgan fingerprint density at radius 1 is 1.20 bits per heavy atom. The van der Waals surface area contributed by atoms with Gasteiger partial charge in [0.05, 0.1) is 11.6 Å². The largest absolute Gasteiger partial charge is 0.448 e. The van der Waals surface area contributed by atoms with Crippen LogP contribution < -0.4 is 11.3 Å². The number of fused-ring (bicyclic) bond motifs is 1. The topological polar surface area (TPSA) is 64.1 Å². The summed E-state index contributed by atoms with van der Waals surface area (Å²) in [4.78, 5) is 4.36. The molecule has 0 bridgehead atoms. The molecule has 0 amide bonds. The fourth-order valence-corrected chi connectivity index (χ4v) is 2.46. The molecule has 3 N–H and O–H groups in total. The predicted molar refractivity (Wildman–Crippen MR) is 79.2 cm³/mol. The molecule has 1 aromatic carbocycles. The van der Waals surface area contributed by atoms with Crippen LogP contribution in [0, 0.1) is 0 Å². The van der Waals surface area contributed by atoms with Gasteiger partial charge in [-0.25, -0.2) is 5.43 Å². The summed E-state index contributed by atoms with van der Waals surface area (Å²) in [5.74, 6) is 6.36. The van der Waals surface area contributed by atoms with E-state index in [1.807, 2.05) is 30.3 Å². The summed E-state index contributed by atoms with van der Waals surface area (Å²) < 4.78 is 5.43. The standard InChI is InChI=1S/C15H14ClN3O/c16-15-6-5-14(20-15)13(19-17)9-10-7-8-18-12-4-2-1-3-11(10)12/h1-8,13,19H,9,17H2. The first-order chi connectivity index (χ1) is 9.78. The van der Waals surface area contributed by atoms with Gasteiger partial charge in [0, 0.05) is 11.6 Å². The van der Waals surface area contributed by atoms with E-state index in [0.29, 0.717) is 11.6 Å². The lowest BCUT2D eigenvalue weighted by Gasteiger charge is -2.14. The quantitative estimate of drug-likeness (QED) is 0.571. The van der Waals surface area contributed by atoms with Crippen molar-refractivity contribution in [3.63, 3.8) is 0 Å². The fourth-order valence-electron chi connectivity index (χ4n) is 2.31. The molecule has 102 valence electrons. The summed E-state index contributed by atoms with van der Waals surface area (Å²) >= 11 is 5.81. The molecule has 2 aromatic heterocycles. The second-order valence-corrected chi connectivity index (χ2v) is 4.92. The average molecular weight is 288 g/mol. The van der Waals surface area contributed by atoms with Crippen LogP contribution >= 0.6 is 11.6 Å². The monoisotopic (exact) mass is 287 g/mol. The van der Waals surface area contributed by atoms with Gasteiger partial charge in [-0.3, -0.25) is 10.8 Å². The Balaban J connectivity index is 1.95. The molecule has 5 heteroatoms. The summed E-state index contributed by atoms with van der Waals surface area (Å²) in [6, 6.07) is 13.4. The first-order valence-electron chi connectivity index (χ1n) is 6.32. The lowest BCUT2D eigenvalue weighted by molar-refractivity contribution is 0.417. The van der Waals surface area contributed by atoms with Crippen molar-refractivity contribution in [3.05, 3.63) is 65.2 Å². The molecule has 20 heavy (non-hydrogen) atoms. The minimum absolute atomic E-state index is 0.131. The Bertz CT molecular complexity index is 720. The second kappa shape index (κ2) is 5.63.